The standard InChI is InChI=1S/C26H35NO4S/c27-18-19-16-23(28)22(21(19)9-3-1-2-4-12-25(30)31)10-5-11-24(29)26(13-7-14-26)17-20-8-6-15-32-20/h1,3,5-6,8,10,15,19,21-24,28-29H,2,4,7,9,11-14,16-17H2,(H,30,31)/t19-,21-,22+,23+,24?/m0/s1. The summed E-state index contributed by atoms with van der Waals surface area (Å²) >= 11 is 1.75. The van der Waals surface area contributed by atoms with E-state index in [1.807, 2.05) is 24.3 Å². The average molecular weight is 458 g/mol. The van der Waals surface area contributed by atoms with Crippen LogP contribution in [0, 0.1) is 34.5 Å². The average Bonchev–Trinajstić information content (AvgIpc) is 3.35. The van der Waals surface area contributed by atoms with Crippen LogP contribution in [-0.4, -0.2) is 33.5 Å². The van der Waals surface area contributed by atoms with Crippen LogP contribution in [0.2, 0.25) is 0 Å². The van der Waals surface area contributed by atoms with Gasteiger partial charge in [-0.2, -0.15) is 5.26 Å². The number of aliphatic hydroxyl groups excluding tert-OH is 2. The van der Waals surface area contributed by atoms with Crippen molar-refractivity contribution in [1.29, 1.82) is 5.26 Å². The number of nitrogens with zero attached hydrogens (tertiary/aromatic N) is 1. The Morgan fingerprint density at radius 3 is 2.78 bits per heavy atom. The quantitative estimate of drug-likeness (QED) is 0.299. The van der Waals surface area contributed by atoms with Crippen molar-refractivity contribution in [2.24, 2.45) is 23.2 Å². The van der Waals surface area contributed by atoms with Gasteiger partial charge in [0.15, 0.2) is 0 Å². The third kappa shape index (κ3) is 6.31. The molecular formula is C26H35NO4S. The number of carbonyl (C=O) groups is 1. The van der Waals surface area contributed by atoms with Crippen LogP contribution < -0.4 is 0 Å². The highest BCUT2D eigenvalue weighted by molar-refractivity contribution is 7.09. The third-order valence-electron chi connectivity index (χ3n) is 7.33. The van der Waals surface area contributed by atoms with E-state index in [0.717, 1.165) is 25.7 Å². The van der Waals surface area contributed by atoms with Crippen molar-refractivity contribution in [1.82, 2.24) is 0 Å². The van der Waals surface area contributed by atoms with Gasteiger partial charge in [0, 0.05) is 22.6 Å². The molecular weight excluding hydrogens is 422 g/mol. The lowest BCUT2D eigenvalue weighted by atomic mass is 9.62. The number of aliphatic carboxylic acids is 1. The Hall–Kier alpha value is -1.94. The molecule has 2 fully saturated rings. The van der Waals surface area contributed by atoms with Gasteiger partial charge in [0.2, 0.25) is 0 Å². The molecule has 174 valence electrons. The fourth-order valence-electron chi connectivity index (χ4n) is 5.26. The molecule has 1 heterocycles. The predicted molar refractivity (Wildman–Crippen MR) is 126 cm³/mol. The number of nitriles is 1. The number of hydrogen-bond donors (Lipinski definition) is 3. The van der Waals surface area contributed by atoms with Crippen molar-refractivity contribution in [3.8, 4) is 6.07 Å². The predicted octanol–water partition coefficient (Wildman–Crippen LogP) is 5.11. The molecule has 0 spiro atoms. The number of carboxylic acids is 1. The second-order valence-corrected chi connectivity index (χ2v) is 10.5. The Labute approximate surface area is 195 Å². The number of aliphatic hydroxyl groups is 2. The van der Waals surface area contributed by atoms with Gasteiger partial charge in [-0.1, -0.05) is 36.8 Å². The molecule has 3 N–H and O–H groups in total. The van der Waals surface area contributed by atoms with Crippen LogP contribution in [0.4, 0.5) is 0 Å². The normalized spacial score (nSPS) is 28.0. The molecule has 0 amide bonds. The molecule has 2 saturated carbocycles. The Bertz CT molecular complexity index is 821. The van der Waals surface area contributed by atoms with Gasteiger partial charge in [-0.05, 0) is 68.7 Å². The van der Waals surface area contributed by atoms with Gasteiger partial charge in [-0.25, -0.2) is 0 Å². The zero-order chi connectivity index (χ0) is 23.0. The van der Waals surface area contributed by atoms with Crippen molar-refractivity contribution < 1.29 is 20.1 Å². The SMILES string of the molecule is N#C[C@@H]1C[C@@H](O)[C@H](C=CCC(O)C2(Cc3cccs3)CCC2)[C@H]1CC=CCCCC(=O)O. The van der Waals surface area contributed by atoms with E-state index in [1.54, 1.807) is 11.3 Å². The molecule has 0 aliphatic heterocycles. The molecule has 2 aliphatic rings. The first-order chi connectivity index (χ1) is 15.4. The lowest BCUT2D eigenvalue weighted by Gasteiger charge is -2.45. The molecule has 1 aromatic heterocycles. The molecule has 3 rings (SSSR count). The molecule has 1 aromatic rings. The zero-order valence-electron chi connectivity index (χ0n) is 18.6. The summed E-state index contributed by atoms with van der Waals surface area (Å²) < 4.78 is 0. The molecule has 0 radical (unpaired) electrons. The van der Waals surface area contributed by atoms with Crippen molar-refractivity contribution in [3.63, 3.8) is 0 Å². The summed E-state index contributed by atoms with van der Waals surface area (Å²) in [6, 6.07) is 6.56. The van der Waals surface area contributed by atoms with E-state index in [4.69, 9.17) is 5.11 Å². The summed E-state index contributed by atoms with van der Waals surface area (Å²) in [7, 11) is 0. The smallest absolute Gasteiger partial charge is 0.303 e. The monoisotopic (exact) mass is 457 g/mol. The Morgan fingerprint density at radius 1 is 1.34 bits per heavy atom. The highest BCUT2D eigenvalue weighted by Gasteiger charge is 2.43. The molecule has 1 unspecified atom stereocenters. The molecule has 2 aliphatic carbocycles. The van der Waals surface area contributed by atoms with Crippen LogP contribution in [0.3, 0.4) is 0 Å². The Morgan fingerprint density at radius 2 is 2.16 bits per heavy atom. The maximum Gasteiger partial charge on any atom is 0.303 e. The second-order valence-electron chi connectivity index (χ2n) is 9.42. The van der Waals surface area contributed by atoms with E-state index in [0.29, 0.717) is 32.1 Å². The summed E-state index contributed by atoms with van der Waals surface area (Å²) in [6.45, 7) is 0. The largest absolute Gasteiger partial charge is 0.481 e. The lowest BCUT2D eigenvalue weighted by Crippen LogP contribution is -2.42. The number of rotatable bonds is 12. The van der Waals surface area contributed by atoms with E-state index in [1.165, 1.54) is 4.88 Å². The van der Waals surface area contributed by atoms with E-state index in [-0.39, 0.29) is 29.6 Å². The summed E-state index contributed by atoms with van der Waals surface area (Å²) in [5.74, 6) is -1.02. The Kier molecular flexibility index (Phi) is 9.10. The van der Waals surface area contributed by atoms with Crippen LogP contribution >= 0.6 is 11.3 Å². The fraction of sp³-hybridized carbons (Fsp3) is 0.615. The Balaban J connectivity index is 1.55. The van der Waals surface area contributed by atoms with E-state index >= 15 is 0 Å². The summed E-state index contributed by atoms with van der Waals surface area (Å²) in [5, 5.41) is 41.9. The van der Waals surface area contributed by atoms with Crippen molar-refractivity contribution >= 4 is 17.3 Å². The van der Waals surface area contributed by atoms with Crippen molar-refractivity contribution in [2.45, 2.75) is 76.4 Å². The van der Waals surface area contributed by atoms with Crippen molar-refractivity contribution in [2.75, 3.05) is 0 Å². The highest BCUT2D eigenvalue weighted by Crippen LogP contribution is 2.48. The third-order valence-corrected chi connectivity index (χ3v) is 8.21. The molecule has 0 aromatic carbocycles. The number of unbranched alkanes of at least 4 members (excludes halogenated alkanes) is 1. The lowest BCUT2D eigenvalue weighted by molar-refractivity contribution is -0.137. The second kappa shape index (κ2) is 11.8. The van der Waals surface area contributed by atoms with Gasteiger partial charge in [0.25, 0.3) is 0 Å². The minimum absolute atomic E-state index is 0.0310. The van der Waals surface area contributed by atoms with Crippen LogP contribution in [0.25, 0.3) is 0 Å². The summed E-state index contributed by atoms with van der Waals surface area (Å²) in [5.41, 5.74) is -0.0310. The number of hydrogen-bond acceptors (Lipinski definition) is 5. The minimum atomic E-state index is -0.784. The van der Waals surface area contributed by atoms with Gasteiger partial charge < -0.3 is 15.3 Å². The zero-order valence-corrected chi connectivity index (χ0v) is 19.4. The topological polar surface area (TPSA) is 102 Å². The van der Waals surface area contributed by atoms with Crippen LogP contribution in [0.15, 0.2) is 41.8 Å². The fourth-order valence-corrected chi connectivity index (χ4v) is 6.12. The number of thiophene rings is 1. The van der Waals surface area contributed by atoms with Gasteiger partial charge >= 0.3 is 5.97 Å². The first kappa shape index (κ1) is 24.7. The number of carboxylic acid groups (broad SMARTS) is 1. The summed E-state index contributed by atoms with van der Waals surface area (Å²) in [4.78, 5) is 11.9. The minimum Gasteiger partial charge on any atom is -0.481 e. The van der Waals surface area contributed by atoms with Gasteiger partial charge in [0.1, 0.15) is 0 Å². The number of allylic oxidation sites excluding steroid dienone is 2. The van der Waals surface area contributed by atoms with E-state index < -0.39 is 18.2 Å². The maximum atomic E-state index is 11.0. The van der Waals surface area contributed by atoms with Gasteiger partial charge in [-0.3, -0.25) is 4.79 Å². The molecule has 5 atom stereocenters. The van der Waals surface area contributed by atoms with Gasteiger partial charge in [0.05, 0.1) is 24.2 Å². The van der Waals surface area contributed by atoms with Crippen molar-refractivity contribution in [3.05, 3.63) is 46.7 Å². The first-order valence-electron chi connectivity index (χ1n) is 11.8. The molecule has 5 nitrogen and oxygen atoms in total. The first-order valence-corrected chi connectivity index (χ1v) is 12.6. The molecule has 0 bridgehead atoms. The summed E-state index contributed by atoms with van der Waals surface area (Å²) in [6.07, 6.45) is 14.5. The molecule has 6 heteroatoms. The van der Waals surface area contributed by atoms with Crippen LogP contribution in [-0.2, 0) is 11.2 Å². The van der Waals surface area contributed by atoms with Crippen LogP contribution in [0.5, 0.6) is 0 Å². The highest BCUT2D eigenvalue weighted by atomic mass is 32.1. The maximum absolute atomic E-state index is 11.0. The van der Waals surface area contributed by atoms with Crippen LogP contribution in [0.1, 0.15) is 62.7 Å². The van der Waals surface area contributed by atoms with E-state index in [9.17, 15) is 20.3 Å². The molecule has 0 saturated heterocycles. The molecule has 32 heavy (non-hydrogen) atoms. The van der Waals surface area contributed by atoms with Gasteiger partial charge in [-0.15, -0.1) is 11.3 Å². The van der Waals surface area contributed by atoms with E-state index in [2.05, 4.69) is 23.6 Å².